The summed E-state index contributed by atoms with van der Waals surface area (Å²) < 4.78 is 0. The van der Waals surface area contributed by atoms with E-state index < -0.39 is 0 Å². The summed E-state index contributed by atoms with van der Waals surface area (Å²) in [6, 6.07) is 72.4. The van der Waals surface area contributed by atoms with Crippen molar-refractivity contribution in [2.75, 3.05) is 0 Å². The molecule has 0 atom stereocenters. The summed E-state index contributed by atoms with van der Waals surface area (Å²) in [5.74, 6) is 0. The molecular formula is C57H38. The standard InChI is InChI=1S/C57H38/c1-57(2)55-49(28-15-29-50(55)54-43-22-9-7-19-40(43)41-20-8-14-27-48(41)56(54)57)53-46-25-12-10-23-44(46)52(45-24-11-13-26-47(45)53)36-32-30-35(31-33-36)51-34-37-16-3-4-17-38(37)39-18-5-6-21-42(39)51/h3-34H,1-2H3. The number of hydrogen-bond donors (Lipinski definition) is 0. The molecule has 0 unspecified atom stereocenters. The van der Waals surface area contributed by atoms with Gasteiger partial charge in [-0.15, -0.1) is 0 Å². The molecule has 1 aliphatic carbocycles. The molecule has 11 aromatic carbocycles. The maximum absolute atomic E-state index is 2.45. The summed E-state index contributed by atoms with van der Waals surface area (Å²) in [7, 11) is 0. The highest BCUT2D eigenvalue weighted by molar-refractivity contribution is 6.24. The van der Waals surface area contributed by atoms with Crippen LogP contribution in [0.15, 0.2) is 194 Å². The van der Waals surface area contributed by atoms with Crippen LogP contribution in [0, 0.1) is 0 Å². The topological polar surface area (TPSA) is 0 Å². The summed E-state index contributed by atoms with van der Waals surface area (Å²) in [4.78, 5) is 0. The van der Waals surface area contributed by atoms with E-state index in [4.69, 9.17) is 0 Å². The van der Waals surface area contributed by atoms with Crippen molar-refractivity contribution in [3.05, 3.63) is 205 Å². The van der Waals surface area contributed by atoms with Gasteiger partial charge in [0.25, 0.3) is 0 Å². The molecule has 0 saturated carbocycles. The fourth-order valence-electron chi connectivity index (χ4n) is 10.7. The normalized spacial score (nSPS) is 13.2. The number of rotatable bonds is 3. The van der Waals surface area contributed by atoms with E-state index in [1.54, 1.807) is 0 Å². The van der Waals surface area contributed by atoms with E-state index in [9.17, 15) is 0 Å². The first kappa shape index (κ1) is 32.2. The van der Waals surface area contributed by atoms with Crippen molar-refractivity contribution in [3.63, 3.8) is 0 Å². The Morgan fingerprint density at radius 1 is 0.263 bits per heavy atom. The zero-order valence-corrected chi connectivity index (χ0v) is 32.0. The molecule has 0 N–H and O–H groups in total. The van der Waals surface area contributed by atoms with Crippen molar-refractivity contribution in [1.82, 2.24) is 0 Å². The zero-order valence-electron chi connectivity index (χ0n) is 32.0. The van der Waals surface area contributed by atoms with Gasteiger partial charge in [-0.1, -0.05) is 202 Å². The fraction of sp³-hybridized carbons (Fsp3) is 0.0526. The van der Waals surface area contributed by atoms with E-state index in [0.29, 0.717) is 0 Å². The molecule has 12 rings (SSSR count). The Morgan fingerprint density at radius 3 is 1.26 bits per heavy atom. The second-order valence-electron chi connectivity index (χ2n) is 16.3. The zero-order chi connectivity index (χ0) is 37.8. The quantitative estimate of drug-likeness (QED) is 0.126. The molecule has 11 aromatic rings. The lowest BCUT2D eigenvalue weighted by Gasteiger charge is -2.27. The van der Waals surface area contributed by atoms with Gasteiger partial charge in [-0.25, -0.2) is 0 Å². The van der Waals surface area contributed by atoms with Crippen LogP contribution in [-0.4, -0.2) is 0 Å². The maximum atomic E-state index is 2.45. The number of fused-ring (bicyclic) bond motifs is 13. The Kier molecular flexibility index (Phi) is 6.78. The molecule has 1 aliphatic rings. The highest BCUT2D eigenvalue weighted by Gasteiger charge is 2.40. The van der Waals surface area contributed by atoms with Gasteiger partial charge in [-0.3, -0.25) is 0 Å². The van der Waals surface area contributed by atoms with Gasteiger partial charge in [-0.05, 0) is 126 Å². The summed E-state index contributed by atoms with van der Waals surface area (Å²) >= 11 is 0. The minimum absolute atomic E-state index is 0.228. The number of benzene rings is 11. The van der Waals surface area contributed by atoms with Gasteiger partial charge in [0.2, 0.25) is 0 Å². The Morgan fingerprint density at radius 2 is 0.667 bits per heavy atom. The molecule has 0 nitrogen and oxygen atoms in total. The molecule has 0 spiro atoms. The molecule has 266 valence electrons. The Balaban J connectivity index is 1.09. The van der Waals surface area contributed by atoms with Crippen molar-refractivity contribution < 1.29 is 0 Å². The Labute approximate surface area is 332 Å². The summed E-state index contributed by atoms with van der Waals surface area (Å²) in [6.07, 6.45) is 0. The van der Waals surface area contributed by atoms with E-state index in [0.717, 1.165) is 0 Å². The van der Waals surface area contributed by atoms with Crippen LogP contribution in [0.5, 0.6) is 0 Å². The summed E-state index contributed by atoms with van der Waals surface area (Å²) in [5.41, 5.74) is 13.0. The Hall–Kier alpha value is -7.02. The van der Waals surface area contributed by atoms with Crippen LogP contribution in [0.25, 0.3) is 109 Å². The van der Waals surface area contributed by atoms with Gasteiger partial charge in [0.1, 0.15) is 0 Å². The van der Waals surface area contributed by atoms with E-state index in [2.05, 4.69) is 208 Å². The molecule has 0 amide bonds. The van der Waals surface area contributed by atoms with E-state index in [-0.39, 0.29) is 5.41 Å². The molecule has 0 heteroatoms. The fourth-order valence-corrected chi connectivity index (χ4v) is 10.7. The second kappa shape index (κ2) is 12.0. The van der Waals surface area contributed by atoms with Crippen LogP contribution in [0.3, 0.4) is 0 Å². The molecule has 0 fully saturated rings. The second-order valence-corrected chi connectivity index (χ2v) is 16.3. The monoisotopic (exact) mass is 722 g/mol. The molecule has 57 heavy (non-hydrogen) atoms. The van der Waals surface area contributed by atoms with Crippen molar-refractivity contribution >= 4 is 64.6 Å². The molecule has 0 aliphatic heterocycles. The highest BCUT2D eigenvalue weighted by Crippen LogP contribution is 2.58. The van der Waals surface area contributed by atoms with Gasteiger partial charge in [0.15, 0.2) is 0 Å². The first-order chi connectivity index (χ1) is 28.1. The van der Waals surface area contributed by atoms with Crippen molar-refractivity contribution in [3.8, 4) is 44.5 Å². The van der Waals surface area contributed by atoms with Crippen LogP contribution >= 0.6 is 0 Å². The van der Waals surface area contributed by atoms with Crippen molar-refractivity contribution in [1.29, 1.82) is 0 Å². The third-order valence-corrected chi connectivity index (χ3v) is 13.0. The molecule has 0 bridgehead atoms. The SMILES string of the molecule is CC1(C)c2c(-c3c4ccccc4c(-c4ccc(-c5cc6ccccc6c6ccccc56)cc4)c4ccccc34)cccc2-c2c1c1ccccc1c1ccccc21. The Bertz CT molecular complexity index is 3410. The third kappa shape index (κ3) is 4.50. The highest BCUT2D eigenvalue weighted by atomic mass is 14.4. The van der Waals surface area contributed by atoms with Crippen LogP contribution in [0.4, 0.5) is 0 Å². The average Bonchev–Trinajstić information content (AvgIpc) is 3.52. The number of hydrogen-bond acceptors (Lipinski definition) is 0. The first-order valence-electron chi connectivity index (χ1n) is 20.1. The van der Waals surface area contributed by atoms with Crippen molar-refractivity contribution in [2.24, 2.45) is 0 Å². The molecule has 0 aromatic heterocycles. The summed E-state index contributed by atoms with van der Waals surface area (Å²) in [6.45, 7) is 4.89. The van der Waals surface area contributed by atoms with Gasteiger partial charge in [0.05, 0.1) is 0 Å². The van der Waals surface area contributed by atoms with Crippen molar-refractivity contribution in [2.45, 2.75) is 19.3 Å². The molecule has 0 heterocycles. The van der Waals surface area contributed by atoms with Gasteiger partial charge < -0.3 is 0 Å². The molecule has 0 radical (unpaired) electrons. The lowest BCUT2D eigenvalue weighted by molar-refractivity contribution is 0.668. The predicted octanol–water partition coefficient (Wildman–Crippen LogP) is 15.9. The smallest absolute Gasteiger partial charge is 0.0171 e. The average molecular weight is 723 g/mol. The van der Waals surface area contributed by atoms with E-state index in [1.165, 1.54) is 120 Å². The first-order valence-corrected chi connectivity index (χ1v) is 20.1. The van der Waals surface area contributed by atoms with E-state index in [1.807, 2.05) is 0 Å². The molecular weight excluding hydrogens is 685 g/mol. The van der Waals surface area contributed by atoms with Crippen LogP contribution in [-0.2, 0) is 5.41 Å². The van der Waals surface area contributed by atoms with E-state index >= 15 is 0 Å². The van der Waals surface area contributed by atoms with Crippen LogP contribution < -0.4 is 0 Å². The largest absolute Gasteiger partial charge is 0.0616 e. The lowest BCUT2D eigenvalue weighted by Crippen LogP contribution is -2.17. The van der Waals surface area contributed by atoms with Gasteiger partial charge >= 0.3 is 0 Å². The van der Waals surface area contributed by atoms with Gasteiger partial charge in [-0.2, -0.15) is 0 Å². The summed E-state index contributed by atoms with van der Waals surface area (Å²) in [5, 5.41) is 15.6. The van der Waals surface area contributed by atoms with Crippen LogP contribution in [0.1, 0.15) is 25.0 Å². The molecule has 0 saturated heterocycles. The maximum Gasteiger partial charge on any atom is 0.0171 e. The lowest BCUT2D eigenvalue weighted by atomic mass is 9.75. The minimum atomic E-state index is -0.228. The predicted molar refractivity (Wildman–Crippen MR) is 245 cm³/mol. The van der Waals surface area contributed by atoms with Gasteiger partial charge in [0, 0.05) is 5.41 Å². The van der Waals surface area contributed by atoms with Crippen LogP contribution in [0.2, 0.25) is 0 Å². The minimum Gasteiger partial charge on any atom is -0.0616 e. The third-order valence-electron chi connectivity index (χ3n) is 13.0.